The quantitative estimate of drug-likeness (QED) is 0.926. The fraction of sp³-hybridized carbons (Fsp3) is 0.0714. The zero-order chi connectivity index (χ0) is 16.3. The van der Waals surface area contributed by atoms with Gasteiger partial charge in [-0.05, 0) is 30.3 Å². The average molecular weight is 344 g/mol. The van der Waals surface area contributed by atoms with Gasteiger partial charge in [-0.25, -0.2) is 17.5 Å². The summed E-state index contributed by atoms with van der Waals surface area (Å²) in [6, 6.07) is 9.48. The Kier molecular flexibility index (Phi) is 4.68. The highest BCUT2D eigenvalue weighted by molar-refractivity contribution is 7.89. The zero-order valence-corrected chi connectivity index (χ0v) is 12.9. The molecule has 1 N–H and O–H groups in total. The number of carbonyl (C=O) groups is 1. The first-order chi connectivity index (χ1) is 10.2. The number of hydrogen-bond donors (Lipinski definition) is 1. The summed E-state index contributed by atoms with van der Waals surface area (Å²) in [4.78, 5) is 11.7. The van der Waals surface area contributed by atoms with Crippen molar-refractivity contribution in [3.05, 3.63) is 58.9 Å². The molecule has 2 rings (SSSR count). The molecular formula is C14H11ClFNO4S. The van der Waals surface area contributed by atoms with E-state index >= 15 is 0 Å². The molecule has 0 bridgehead atoms. The van der Waals surface area contributed by atoms with Crippen molar-refractivity contribution in [1.82, 2.24) is 4.72 Å². The van der Waals surface area contributed by atoms with Gasteiger partial charge in [0.15, 0.2) is 0 Å². The number of carbonyl (C=O) groups excluding carboxylic acids is 1. The van der Waals surface area contributed by atoms with Gasteiger partial charge in [0.2, 0.25) is 10.0 Å². The maximum atomic E-state index is 13.1. The molecule has 2 aromatic rings. The lowest BCUT2D eigenvalue weighted by Crippen LogP contribution is -2.29. The van der Waals surface area contributed by atoms with Crippen LogP contribution in [-0.4, -0.2) is 20.6 Å². The third-order valence-corrected chi connectivity index (χ3v) is 3.35. The molecule has 0 unspecified atom stereocenters. The monoisotopic (exact) mass is 343 g/mol. The molecule has 5 nitrogen and oxygen atoms in total. The van der Waals surface area contributed by atoms with Gasteiger partial charge in [-0.2, -0.15) is 0 Å². The summed E-state index contributed by atoms with van der Waals surface area (Å²) in [6.45, 7) is 0. The molecule has 116 valence electrons. The molecule has 0 saturated heterocycles. The first-order valence-electron chi connectivity index (χ1n) is 6.00. The number of hydrogen-bond acceptors (Lipinski definition) is 4. The molecule has 0 radical (unpaired) electrons. The predicted molar refractivity (Wildman–Crippen MR) is 80.2 cm³/mol. The molecule has 0 aliphatic carbocycles. The molecule has 0 fully saturated rings. The van der Waals surface area contributed by atoms with Gasteiger partial charge < -0.3 is 4.74 Å². The van der Waals surface area contributed by atoms with E-state index in [1.165, 1.54) is 36.4 Å². The summed E-state index contributed by atoms with van der Waals surface area (Å²) in [6.07, 6.45) is 0.869. The van der Waals surface area contributed by atoms with Crippen LogP contribution in [0.4, 0.5) is 4.39 Å². The van der Waals surface area contributed by atoms with Crippen LogP contribution in [0.25, 0.3) is 0 Å². The number of sulfonamides is 1. The Morgan fingerprint density at radius 1 is 1.23 bits per heavy atom. The molecule has 0 aliphatic rings. The van der Waals surface area contributed by atoms with E-state index in [9.17, 15) is 17.6 Å². The molecule has 0 heterocycles. The Morgan fingerprint density at radius 2 is 1.95 bits per heavy atom. The van der Waals surface area contributed by atoms with E-state index < -0.39 is 21.7 Å². The summed E-state index contributed by atoms with van der Waals surface area (Å²) in [7, 11) is -3.66. The van der Waals surface area contributed by atoms with Crippen molar-refractivity contribution >= 4 is 27.5 Å². The lowest BCUT2D eigenvalue weighted by atomic mass is 10.2. The van der Waals surface area contributed by atoms with Crippen LogP contribution in [0, 0.1) is 5.82 Å². The third kappa shape index (κ3) is 4.44. The van der Waals surface area contributed by atoms with Crippen LogP contribution in [0.5, 0.6) is 11.5 Å². The van der Waals surface area contributed by atoms with Crippen molar-refractivity contribution in [2.75, 3.05) is 6.26 Å². The van der Waals surface area contributed by atoms with Crippen molar-refractivity contribution in [3.8, 4) is 11.5 Å². The molecule has 0 aliphatic heterocycles. The topological polar surface area (TPSA) is 72.5 Å². The summed E-state index contributed by atoms with van der Waals surface area (Å²) < 4.78 is 42.3. The van der Waals surface area contributed by atoms with Gasteiger partial charge >= 0.3 is 0 Å². The smallest absolute Gasteiger partial charge is 0.264 e. The fourth-order valence-electron chi connectivity index (χ4n) is 1.61. The van der Waals surface area contributed by atoms with E-state index in [-0.39, 0.29) is 22.1 Å². The minimum Gasteiger partial charge on any atom is -0.456 e. The SMILES string of the molecule is CS(=O)(=O)NC(=O)c1ccc(Oc2cccc(F)c2)c(Cl)c1. The normalized spacial score (nSPS) is 11.0. The minimum atomic E-state index is -3.66. The molecule has 0 atom stereocenters. The van der Waals surface area contributed by atoms with Gasteiger partial charge in [-0.3, -0.25) is 4.79 Å². The van der Waals surface area contributed by atoms with E-state index in [1.807, 2.05) is 4.72 Å². The fourth-order valence-corrected chi connectivity index (χ4v) is 2.28. The summed E-state index contributed by atoms with van der Waals surface area (Å²) in [5.74, 6) is -0.808. The number of rotatable bonds is 4. The number of halogens is 2. The number of ether oxygens (including phenoxy) is 1. The van der Waals surface area contributed by atoms with Crippen LogP contribution in [-0.2, 0) is 10.0 Å². The van der Waals surface area contributed by atoms with Crippen LogP contribution >= 0.6 is 11.6 Å². The highest BCUT2D eigenvalue weighted by Crippen LogP contribution is 2.30. The summed E-state index contributed by atoms with van der Waals surface area (Å²) in [5, 5.41) is 0.0883. The molecule has 0 spiro atoms. The van der Waals surface area contributed by atoms with E-state index in [4.69, 9.17) is 16.3 Å². The Hall–Kier alpha value is -2.12. The second-order valence-electron chi connectivity index (χ2n) is 4.41. The van der Waals surface area contributed by atoms with Gasteiger partial charge in [0, 0.05) is 11.6 Å². The second kappa shape index (κ2) is 6.33. The predicted octanol–water partition coefficient (Wildman–Crippen LogP) is 2.96. The minimum absolute atomic E-state index is 0.0574. The largest absolute Gasteiger partial charge is 0.456 e. The number of amides is 1. The van der Waals surface area contributed by atoms with Crippen LogP contribution in [0.15, 0.2) is 42.5 Å². The lowest BCUT2D eigenvalue weighted by Gasteiger charge is -2.09. The van der Waals surface area contributed by atoms with Crippen molar-refractivity contribution in [2.45, 2.75) is 0 Å². The van der Waals surface area contributed by atoms with Crippen LogP contribution in [0.1, 0.15) is 10.4 Å². The van der Waals surface area contributed by atoms with Crippen molar-refractivity contribution in [3.63, 3.8) is 0 Å². The molecule has 2 aromatic carbocycles. The van der Waals surface area contributed by atoms with E-state index in [0.717, 1.165) is 6.26 Å². The van der Waals surface area contributed by atoms with Crippen LogP contribution < -0.4 is 9.46 Å². The van der Waals surface area contributed by atoms with E-state index in [0.29, 0.717) is 0 Å². The Bertz CT molecular complexity index is 823. The summed E-state index contributed by atoms with van der Waals surface area (Å²) >= 11 is 5.99. The lowest BCUT2D eigenvalue weighted by molar-refractivity contribution is 0.0981. The van der Waals surface area contributed by atoms with Crippen molar-refractivity contribution in [1.29, 1.82) is 0 Å². The highest BCUT2D eigenvalue weighted by Gasteiger charge is 2.13. The first kappa shape index (κ1) is 16.3. The first-order valence-corrected chi connectivity index (χ1v) is 8.26. The van der Waals surface area contributed by atoms with Gasteiger partial charge in [0.1, 0.15) is 17.3 Å². The standard InChI is InChI=1S/C14H11ClFNO4S/c1-22(19,20)17-14(18)9-5-6-13(12(15)7-9)21-11-4-2-3-10(16)8-11/h2-8H,1H3,(H,17,18). The van der Waals surface area contributed by atoms with Crippen LogP contribution in [0.3, 0.4) is 0 Å². The van der Waals surface area contributed by atoms with Gasteiger partial charge in [0.05, 0.1) is 11.3 Å². The average Bonchev–Trinajstić information content (AvgIpc) is 2.39. The van der Waals surface area contributed by atoms with Crippen molar-refractivity contribution in [2.24, 2.45) is 0 Å². The van der Waals surface area contributed by atoms with E-state index in [2.05, 4.69) is 0 Å². The third-order valence-electron chi connectivity index (χ3n) is 2.50. The molecule has 0 aromatic heterocycles. The van der Waals surface area contributed by atoms with Gasteiger partial charge in [0.25, 0.3) is 5.91 Å². The maximum absolute atomic E-state index is 13.1. The number of benzene rings is 2. The molecule has 22 heavy (non-hydrogen) atoms. The van der Waals surface area contributed by atoms with Crippen molar-refractivity contribution < 1.29 is 22.3 Å². The molecule has 1 amide bonds. The van der Waals surface area contributed by atoms with E-state index in [1.54, 1.807) is 6.07 Å². The zero-order valence-electron chi connectivity index (χ0n) is 11.3. The Morgan fingerprint density at radius 3 is 2.55 bits per heavy atom. The van der Waals surface area contributed by atoms with Gasteiger partial charge in [-0.1, -0.05) is 17.7 Å². The molecule has 8 heteroatoms. The maximum Gasteiger partial charge on any atom is 0.264 e. The number of nitrogens with one attached hydrogen (secondary N) is 1. The second-order valence-corrected chi connectivity index (χ2v) is 6.56. The summed E-state index contributed by atoms with van der Waals surface area (Å²) in [5.41, 5.74) is 0.0574. The molecule has 0 saturated carbocycles. The Labute approximate surface area is 131 Å². The van der Waals surface area contributed by atoms with Crippen LogP contribution in [0.2, 0.25) is 5.02 Å². The molecular weight excluding hydrogens is 333 g/mol. The highest BCUT2D eigenvalue weighted by atomic mass is 35.5. The van der Waals surface area contributed by atoms with Gasteiger partial charge in [-0.15, -0.1) is 0 Å². The Balaban J connectivity index is 2.21.